The number of hydrogen-bond donors (Lipinski definition) is 5. The van der Waals surface area contributed by atoms with Gasteiger partial charge in [-0.1, -0.05) is 6.07 Å². The van der Waals surface area contributed by atoms with Crippen LogP contribution in [0, 0.1) is 22.5 Å². The zero-order chi connectivity index (χ0) is 20.3. The van der Waals surface area contributed by atoms with E-state index < -0.39 is 71.0 Å². The first-order valence-corrected chi connectivity index (χ1v) is 7.16. The molecule has 1 aromatic carbocycles. The zero-order valence-electron chi connectivity index (χ0n) is 13.4. The molecule has 5 N–H and O–H groups in total. The van der Waals surface area contributed by atoms with Gasteiger partial charge in [0.1, 0.15) is 30.5 Å². The number of carbonyl (C=O) groups is 3. The van der Waals surface area contributed by atoms with Crippen LogP contribution in [0.2, 0.25) is 0 Å². The summed E-state index contributed by atoms with van der Waals surface area (Å²) in [5.74, 6) is -8.29. The van der Waals surface area contributed by atoms with Crippen molar-refractivity contribution in [1.29, 1.82) is 10.8 Å². The van der Waals surface area contributed by atoms with Gasteiger partial charge in [-0.05, 0) is 12.1 Å². The van der Waals surface area contributed by atoms with Crippen molar-refractivity contribution in [2.75, 3.05) is 6.54 Å². The third-order valence-electron chi connectivity index (χ3n) is 3.34. The summed E-state index contributed by atoms with van der Waals surface area (Å²) in [6.07, 6.45) is 0. The lowest BCUT2D eigenvalue weighted by Gasteiger charge is -2.27. The first-order chi connectivity index (χ1) is 12.6. The molecule has 0 fully saturated rings. The molecule has 27 heavy (non-hydrogen) atoms. The number of benzene rings is 1. The SMILES string of the molecule is N=C1C(=N)N(OCc2c(F)cccc2F)C(=O)C(C(=O)NCC(=O)O)=C1O. The molecule has 0 bridgehead atoms. The lowest BCUT2D eigenvalue weighted by Crippen LogP contribution is -2.49. The number of aliphatic hydroxyl groups is 1. The van der Waals surface area contributed by atoms with Crippen LogP contribution in [0.3, 0.4) is 0 Å². The fraction of sp³-hybridized carbons (Fsp3) is 0.133. The van der Waals surface area contributed by atoms with Crippen molar-refractivity contribution in [1.82, 2.24) is 10.4 Å². The Hall–Kier alpha value is -3.67. The molecule has 0 saturated carbocycles. The third-order valence-corrected chi connectivity index (χ3v) is 3.34. The quantitative estimate of drug-likeness (QED) is 0.443. The Morgan fingerprint density at radius 3 is 2.37 bits per heavy atom. The van der Waals surface area contributed by atoms with E-state index in [2.05, 4.69) is 0 Å². The van der Waals surface area contributed by atoms with Crippen LogP contribution >= 0.6 is 0 Å². The Labute approximate surface area is 149 Å². The topological polar surface area (TPSA) is 164 Å². The van der Waals surface area contributed by atoms with Gasteiger partial charge in [-0.25, -0.2) is 8.78 Å². The highest BCUT2D eigenvalue weighted by molar-refractivity contribution is 6.51. The van der Waals surface area contributed by atoms with Crippen LogP contribution in [-0.4, -0.2) is 51.2 Å². The van der Waals surface area contributed by atoms with Gasteiger partial charge in [0.05, 0.1) is 5.56 Å². The molecule has 142 valence electrons. The van der Waals surface area contributed by atoms with E-state index in [-0.39, 0.29) is 5.06 Å². The molecule has 0 aromatic heterocycles. The van der Waals surface area contributed by atoms with E-state index >= 15 is 0 Å². The maximum Gasteiger partial charge on any atom is 0.322 e. The second-order valence-electron chi connectivity index (χ2n) is 5.10. The summed E-state index contributed by atoms with van der Waals surface area (Å²) in [6.45, 7) is -1.74. The Balaban J connectivity index is 2.27. The molecule has 1 aromatic rings. The number of hydroxylamine groups is 2. The molecule has 0 aliphatic carbocycles. The smallest absolute Gasteiger partial charge is 0.322 e. The van der Waals surface area contributed by atoms with E-state index in [1.54, 1.807) is 0 Å². The molecule has 0 atom stereocenters. The van der Waals surface area contributed by atoms with Gasteiger partial charge in [0.25, 0.3) is 11.8 Å². The first kappa shape index (κ1) is 19.7. The fourth-order valence-electron chi connectivity index (χ4n) is 2.01. The van der Waals surface area contributed by atoms with Crippen LogP contribution in [-0.2, 0) is 25.8 Å². The van der Waals surface area contributed by atoms with Crippen molar-refractivity contribution in [3.63, 3.8) is 0 Å². The van der Waals surface area contributed by atoms with Crippen LogP contribution < -0.4 is 5.32 Å². The lowest BCUT2D eigenvalue weighted by atomic mass is 10.1. The number of halogens is 2. The molecule has 0 spiro atoms. The van der Waals surface area contributed by atoms with Gasteiger partial charge in [0, 0.05) is 0 Å². The van der Waals surface area contributed by atoms with Gasteiger partial charge in [0.2, 0.25) is 0 Å². The zero-order valence-corrected chi connectivity index (χ0v) is 13.4. The Bertz CT molecular complexity index is 878. The third kappa shape index (κ3) is 3.95. The van der Waals surface area contributed by atoms with Crippen molar-refractivity contribution >= 4 is 29.3 Å². The molecular weight excluding hydrogens is 370 g/mol. The van der Waals surface area contributed by atoms with Crippen LogP contribution in [0.25, 0.3) is 0 Å². The normalized spacial score (nSPS) is 14.6. The summed E-state index contributed by atoms with van der Waals surface area (Å²) >= 11 is 0. The number of nitrogens with one attached hydrogen (secondary N) is 3. The van der Waals surface area contributed by atoms with Gasteiger partial charge in [-0.2, -0.15) is 5.06 Å². The summed E-state index contributed by atoms with van der Waals surface area (Å²) in [6, 6.07) is 2.97. The summed E-state index contributed by atoms with van der Waals surface area (Å²) in [4.78, 5) is 39.6. The van der Waals surface area contributed by atoms with Crippen molar-refractivity contribution in [2.45, 2.75) is 6.61 Å². The van der Waals surface area contributed by atoms with E-state index in [1.807, 2.05) is 5.32 Å². The predicted molar refractivity (Wildman–Crippen MR) is 83.7 cm³/mol. The molecule has 0 saturated heterocycles. The number of amidine groups is 1. The predicted octanol–water partition coefficient (Wildman–Crippen LogP) is 0.249. The monoisotopic (exact) mass is 382 g/mol. The number of hydrogen-bond acceptors (Lipinski definition) is 7. The van der Waals surface area contributed by atoms with E-state index in [4.69, 9.17) is 20.8 Å². The Morgan fingerprint density at radius 2 is 1.81 bits per heavy atom. The summed E-state index contributed by atoms with van der Waals surface area (Å²) in [5, 5.41) is 35.5. The minimum atomic E-state index is -1.43. The van der Waals surface area contributed by atoms with Gasteiger partial charge >= 0.3 is 5.97 Å². The first-order valence-electron chi connectivity index (χ1n) is 7.16. The molecule has 0 radical (unpaired) electrons. The molecule has 2 rings (SSSR count). The van der Waals surface area contributed by atoms with E-state index in [1.165, 1.54) is 0 Å². The molecule has 12 heteroatoms. The average Bonchev–Trinajstić information content (AvgIpc) is 2.60. The van der Waals surface area contributed by atoms with Crippen LogP contribution in [0.4, 0.5) is 8.78 Å². The van der Waals surface area contributed by atoms with Crippen molar-refractivity contribution in [3.8, 4) is 0 Å². The molecular formula is C15H12F2N4O6. The Kier molecular flexibility index (Phi) is 5.60. The summed E-state index contributed by atoms with van der Waals surface area (Å²) in [5.41, 5.74) is -2.60. The maximum absolute atomic E-state index is 13.6. The number of aliphatic carboxylic acids is 1. The van der Waals surface area contributed by atoms with E-state index in [0.717, 1.165) is 18.2 Å². The van der Waals surface area contributed by atoms with Crippen LogP contribution in [0.1, 0.15) is 5.56 Å². The van der Waals surface area contributed by atoms with E-state index in [0.29, 0.717) is 0 Å². The average molecular weight is 382 g/mol. The van der Waals surface area contributed by atoms with Gasteiger partial charge < -0.3 is 15.5 Å². The summed E-state index contributed by atoms with van der Waals surface area (Å²) < 4.78 is 27.3. The molecule has 1 aliphatic heterocycles. The van der Waals surface area contributed by atoms with Crippen molar-refractivity contribution in [2.24, 2.45) is 0 Å². The molecule has 1 heterocycles. The van der Waals surface area contributed by atoms with Gasteiger partial charge in [-0.15, -0.1) is 0 Å². The lowest BCUT2D eigenvalue weighted by molar-refractivity contribution is -0.163. The number of aliphatic hydroxyl groups excluding tert-OH is 1. The second kappa shape index (κ2) is 7.70. The number of amides is 2. The molecule has 0 unspecified atom stereocenters. The highest BCUT2D eigenvalue weighted by atomic mass is 19.1. The molecule has 2 amide bonds. The van der Waals surface area contributed by atoms with Crippen LogP contribution in [0.5, 0.6) is 0 Å². The number of nitrogens with zero attached hydrogens (tertiary/aromatic N) is 1. The number of carbonyl (C=O) groups excluding carboxylic acids is 2. The summed E-state index contributed by atoms with van der Waals surface area (Å²) in [7, 11) is 0. The number of carboxylic acids is 1. The highest BCUT2D eigenvalue weighted by Crippen LogP contribution is 2.20. The van der Waals surface area contributed by atoms with Crippen molar-refractivity contribution in [3.05, 3.63) is 46.7 Å². The van der Waals surface area contributed by atoms with Gasteiger partial charge in [0.15, 0.2) is 17.2 Å². The second-order valence-corrected chi connectivity index (χ2v) is 5.10. The number of rotatable bonds is 6. The fourth-order valence-corrected chi connectivity index (χ4v) is 2.01. The highest BCUT2D eigenvalue weighted by Gasteiger charge is 2.40. The minimum Gasteiger partial charge on any atom is -0.505 e. The molecule has 10 nitrogen and oxygen atoms in total. The standard InChI is InChI=1S/C15H12F2N4O6/c16-7-2-1-3-8(17)6(7)5-27-21-13(19)11(18)12(24)10(15(21)26)14(25)20-4-9(22)23/h1-3,18-19,24H,4-5H2,(H,20,25)(H,22,23). The van der Waals surface area contributed by atoms with E-state index in [9.17, 15) is 28.3 Å². The minimum absolute atomic E-state index is 0.101. The number of carboxylic acid groups (broad SMARTS) is 1. The van der Waals surface area contributed by atoms with Crippen molar-refractivity contribution < 1.29 is 38.2 Å². The molecule has 1 aliphatic rings. The Morgan fingerprint density at radius 1 is 1.22 bits per heavy atom. The largest absolute Gasteiger partial charge is 0.505 e. The van der Waals surface area contributed by atoms with Crippen LogP contribution in [0.15, 0.2) is 29.5 Å². The maximum atomic E-state index is 13.6. The van der Waals surface area contributed by atoms with Gasteiger partial charge in [-0.3, -0.25) is 30.0 Å².